The number of aryl methyl sites for hydroxylation is 1. The van der Waals surface area contributed by atoms with Gasteiger partial charge >= 0.3 is 6.18 Å². The van der Waals surface area contributed by atoms with Gasteiger partial charge in [-0.3, -0.25) is 0 Å². The van der Waals surface area contributed by atoms with Crippen LogP contribution in [0.25, 0.3) is 0 Å². The average molecular weight is 360 g/mol. The Hall–Kier alpha value is -1.76. The van der Waals surface area contributed by atoms with Crippen molar-refractivity contribution in [1.82, 2.24) is 4.98 Å². The Balaban J connectivity index is 2.38. The molecule has 1 aromatic heterocycles. The molecule has 0 aliphatic rings. The van der Waals surface area contributed by atoms with Crippen LogP contribution < -0.4 is 11.1 Å². The van der Waals surface area contributed by atoms with Crippen LogP contribution in [0, 0.1) is 0 Å². The number of anilines is 3. The van der Waals surface area contributed by atoms with Crippen molar-refractivity contribution in [2.45, 2.75) is 19.5 Å². The number of nitrogens with zero attached hydrogens (tertiary/aromatic N) is 1. The molecule has 0 atom stereocenters. The molecule has 1 aromatic carbocycles. The van der Waals surface area contributed by atoms with Crippen LogP contribution in [-0.4, -0.2) is 4.98 Å². The van der Waals surface area contributed by atoms with Gasteiger partial charge in [-0.15, -0.1) is 0 Å². The van der Waals surface area contributed by atoms with Gasteiger partial charge in [-0.2, -0.15) is 13.2 Å². The van der Waals surface area contributed by atoms with Crippen molar-refractivity contribution in [2.24, 2.45) is 0 Å². The minimum atomic E-state index is -4.46. The second-order valence-electron chi connectivity index (χ2n) is 4.44. The fraction of sp³-hybridized carbons (Fsp3) is 0.214. The highest BCUT2D eigenvalue weighted by atomic mass is 79.9. The molecule has 112 valence electrons. The first-order chi connectivity index (χ1) is 9.79. The van der Waals surface area contributed by atoms with E-state index in [0.717, 1.165) is 28.6 Å². The number of nitrogens with two attached hydrogens (primary N) is 1. The van der Waals surface area contributed by atoms with E-state index in [0.29, 0.717) is 5.69 Å². The molecular weight excluding hydrogens is 347 g/mol. The van der Waals surface area contributed by atoms with Crippen LogP contribution in [0.2, 0.25) is 0 Å². The number of nitrogen functional groups attached to an aromatic ring is 1. The quantitative estimate of drug-likeness (QED) is 0.831. The molecular formula is C14H13BrF3N3. The van der Waals surface area contributed by atoms with Gasteiger partial charge in [-0.05, 0) is 42.3 Å². The molecule has 2 rings (SSSR count). The summed E-state index contributed by atoms with van der Waals surface area (Å²) in [4.78, 5) is 3.90. The van der Waals surface area contributed by atoms with Gasteiger partial charge in [0.2, 0.25) is 0 Å². The molecule has 1 heterocycles. The predicted molar refractivity (Wildman–Crippen MR) is 80.5 cm³/mol. The molecule has 3 nitrogen and oxygen atoms in total. The lowest BCUT2D eigenvalue weighted by Gasteiger charge is -2.13. The molecule has 0 fully saturated rings. The zero-order valence-electron chi connectivity index (χ0n) is 11.1. The van der Waals surface area contributed by atoms with Crippen molar-refractivity contribution in [3.8, 4) is 0 Å². The molecule has 0 spiro atoms. The van der Waals surface area contributed by atoms with Gasteiger partial charge in [0.15, 0.2) is 0 Å². The van der Waals surface area contributed by atoms with Crippen LogP contribution >= 0.6 is 15.9 Å². The highest BCUT2D eigenvalue weighted by Crippen LogP contribution is 2.32. The van der Waals surface area contributed by atoms with Crippen LogP contribution in [0.5, 0.6) is 0 Å². The second-order valence-corrected chi connectivity index (χ2v) is 5.36. The summed E-state index contributed by atoms with van der Waals surface area (Å²) in [6.07, 6.45) is -3.73. The molecule has 3 N–H and O–H groups in total. The van der Waals surface area contributed by atoms with E-state index in [-0.39, 0.29) is 11.6 Å². The lowest BCUT2D eigenvalue weighted by Crippen LogP contribution is -2.08. The maximum absolute atomic E-state index is 12.8. The molecule has 0 saturated carbocycles. The summed E-state index contributed by atoms with van der Waals surface area (Å²) in [5.41, 5.74) is 6.28. The van der Waals surface area contributed by atoms with E-state index in [1.807, 2.05) is 13.0 Å². The Morgan fingerprint density at radius 1 is 1.24 bits per heavy atom. The van der Waals surface area contributed by atoms with Crippen molar-refractivity contribution >= 4 is 33.3 Å². The first kappa shape index (κ1) is 15.6. The van der Waals surface area contributed by atoms with Crippen LogP contribution in [0.3, 0.4) is 0 Å². The fourth-order valence-electron chi connectivity index (χ4n) is 1.89. The van der Waals surface area contributed by atoms with E-state index >= 15 is 0 Å². The number of aromatic nitrogens is 1. The number of hydrogen-bond acceptors (Lipinski definition) is 3. The monoisotopic (exact) mass is 359 g/mol. The first-order valence-electron chi connectivity index (χ1n) is 6.20. The van der Waals surface area contributed by atoms with E-state index < -0.39 is 11.7 Å². The molecule has 0 aliphatic heterocycles. The molecule has 7 heteroatoms. The molecule has 0 bridgehead atoms. The summed E-state index contributed by atoms with van der Waals surface area (Å²) in [5.74, 6) is -0.109. The molecule has 2 aromatic rings. The number of benzene rings is 1. The number of hydrogen-bond donors (Lipinski definition) is 2. The van der Waals surface area contributed by atoms with Gasteiger partial charge in [-0.1, -0.05) is 22.9 Å². The third-order valence-corrected chi connectivity index (χ3v) is 3.38. The minimum absolute atomic E-state index is 0.0688. The van der Waals surface area contributed by atoms with Gasteiger partial charge in [0.05, 0.1) is 5.56 Å². The number of rotatable bonds is 3. The number of nitrogens with one attached hydrogen (secondary N) is 1. The van der Waals surface area contributed by atoms with Crippen LogP contribution in [0.15, 0.2) is 34.8 Å². The predicted octanol–water partition coefficient (Wildman–Crippen LogP) is 4.75. The van der Waals surface area contributed by atoms with Crippen LogP contribution in [0.1, 0.15) is 18.1 Å². The SMILES string of the molecule is CCc1cc(Br)ccc1Nc1cc(C(F)(F)F)cc(N)n1. The van der Waals surface area contributed by atoms with Crippen LogP contribution in [-0.2, 0) is 12.6 Å². The van der Waals surface area contributed by atoms with Gasteiger partial charge in [0.1, 0.15) is 11.6 Å². The zero-order chi connectivity index (χ0) is 15.6. The topological polar surface area (TPSA) is 50.9 Å². The molecule has 0 radical (unpaired) electrons. The average Bonchev–Trinajstić information content (AvgIpc) is 2.39. The van der Waals surface area contributed by atoms with Crippen molar-refractivity contribution in [1.29, 1.82) is 0 Å². The Bertz CT molecular complexity index is 656. The largest absolute Gasteiger partial charge is 0.416 e. The number of alkyl halides is 3. The summed E-state index contributed by atoms with van der Waals surface area (Å²) in [6.45, 7) is 1.96. The summed E-state index contributed by atoms with van der Waals surface area (Å²) in [5, 5.41) is 2.89. The highest BCUT2D eigenvalue weighted by molar-refractivity contribution is 9.10. The van der Waals surface area contributed by atoms with Gasteiger partial charge in [-0.25, -0.2) is 4.98 Å². The highest BCUT2D eigenvalue weighted by Gasteiger charge is 2.31. The third-order valence-electron chi connectivity index (χ3n) is 2.88. The Morgan fingerprint density at radius 3 is 2.57 bits per heavy atom. The Labute approximate surface area is 128 Å². The van der Waals surface area contributed by atoms with Crippen LogP contribution in [0.4, 0.5) is 30.5 Å². The fourth-order valence-corrected chi connectivity index (χ4v) is 2.30. The lowest BCUT2D eigenvalue weighted by atomic mass is 10.1. The second kappa shape index (κ2) is 5.93. The van der Waals surface area contributed by atoms with Crippen molar-refractivity contribution in [2.75, 3.05) is 11.1 Å². The maximum atomic E-state index is 12.8. The maximum Gasteiger partial charge on any atom is 0.416 e. The van der Waals surface area contributed by atoms with Gasteiger partial charge in [0.25, 0.3) is 0 Å². The summed E-state index contributed by atoms with van der Waals surface area (Å²) >= 11 is 3.36. The number of pyridine rings is 1. The molecule has 0 amide bonds. The first-order valence-corrected chi connectivity index (χ1v) is 6.99. The van der Waals surface area contributed by atoms with Crippen molar-refractivity contribution in [3.63, 3.8) is 0 Å². The standard InChI is InChI=1S/C14H13BrF3N3/c1-2-8-5-10(15)3-4-11(8)20-13-7-9(14(16,17)18)6-12(19)21-13/h3-7H,2H2,1H3,(H3,19,20,21). The van der Waals surface area contributed by atoms with Gasteiger partial charge < -0.3 is 11.1 Å². The van der Waals surface area contributed by atoms with E-state index in [1.54, 1.807) is 12.1 Å². The third kappa shape index (κ3) is 3.87. The van der Waals surface area contributed by atoms with Gasteiger partial charge in [0, 0.05) is 10.2 Å². The molecule has 0 unspecified atom stereocenters. The van der Waals surface area contributed by atoms with E-state index in [1.165, 1.54) is 0 Å². The Kier molecular flexibility index (Phi) is 4.41. The van der Waals surface area contributed by atoms with Crippen molar-refractivity contribution in [3.05, 3.63) is 45.9 Å². The zero-order valence-corrected chi connectivity index (χ0v) is 12.7. The van der Waals surface area contributed by atoms with Crippen molar-refractivity contribution < 1.29 is 13.2 Å². The summed E-state index contributed by atoms with van der Waals surface area (Å²) < 4.78 is 39.2. The molecule has 0 aliphatic carbocycles. The minimum Gasteiger partial charge on any atom is -0.384 e. The summed E-state index contributed by atoms with van der Waals surface area (Å²) in [7, 11) is 0. The smallest absolute Gasteiger partial charge is 0.384 e. The van der Waals surface area contributed by atoms with E-state index in [4.69, 9.17) is 5.73 Å². The molecule has 0 saturated heterocycles. The van der Waals surface area contributed by atoms with E-state index in [2.05, 4.69) is 26.2 Å². The lowest BCUT2D eigenvalue weighted by molar-refractivity contribution is -0.137. The summed E-state index contributed by atoms with van der Waals surface area (Å²) in [6, 6.07) is 7.24. The normalized spacial score (nSPS) is 11.5. The van der Waals surface area contributed by atoms with E-state index in [9.17, 15) is 13.2 Å². The molecule has 21 heavy (non-hydrogen) atoms. The number of halogens is 4. The Morgan fingerprint density at radius 2 is 1.95 bits per heavy atom.